The molecule has 0 radical (unpaired) electrons. The SMILES string of the molecule is CC(C)N(Cc1ccccc1)C(=O)C(Cl)c1ccccc1. The highest BCUT2D eigenvalue weighted by atomic mass is 35.5. The van der Waals surface area contributed by atoms with Crippen LogP contribution in [0.15, 0.2) is 60.7 Å². The summed E-state index contributed by atoms with van der Waals surface area (Å²) >= 11 is 6.37. The van der Waals surface area contributed by atoms with Crippen LogP contribution in [0, 0.1) is 0 Å². The molecular formula is C18H20ClNO. The molecule has 1 atom stereocenters. The number of alkyl halides is 1. The first-order valence-electron chi connectivity index (χ1n) is 7.13. The van der Waals surface area contributed by atoms with Crippen molar-refractivity contribution in [3.63, 3.8) is 0 Å². The number of benzene rings is 2. The van der Waals surface area contributed by atoms with E-state index >= 15 is 0 Å². The molecule has 0 saturated carbocycles. The summed E-state index contributed by atoms with van der Waals surface area (Å²) in [7, 11) is 0. The Labute approximate surface area is 131 Å². The van der Waals surface area contributed by atoms with E-state index in [4.69, 9.17) is 11.6 Å². The third-order valence-corrected chi connectivity index (χ3v) is 3.85. The van der Waals surface area contributed by atoms with Crippen LogP contribution in [0.4, 0.5) is 0 Å². The lowest BCUT2D eigenvalue weighted by Gasteiger charge is -2.29. The van der Waals surface area contributed by atoms with Gasteiger partial charge in [0.1, 0.15) is 5.38 Å². The maximum Gasteiger partial charge on any atom is 0.245 e. The largest absolute Gasteiger partial charge is 0.334 e. The maximum absolute atomic E-state index is 12.7. The monoisotopic (exact) mass is 301 g/mol. The molecule has 0 saturated heterocycles. The lowest BCUT2D eigenvalue weighted by molar-refractivity contribution is -0.133. The molecule has 2 nitrogen and oxygen atoms in total. The molecule has 0 fully saturated rings. The van der Waals surface area contributed by atoms with E-state index in [2.05, 4.69) is 0 Å². The lowest BCUT2D eigenvalue weighted by Crippen LogP contribution is -2.38. The second-order valence-corrected chi connectivity index (χ2v) is 5.76. The summed E-state index contributed by atoms with van der Waals surface area (Å²) in [6.45, 7) is 4.60. The number of hydrogen-bond acceptors (Lipinski definition) is 1. The number of rotatable bonds is 5. The van der Waals surface area contributed by atoms with Gasteiger partial charge in [0.15, 0.2) is 0 Å². The number of carbonyl (C=O) groups is 1. The Morgan fingerprint density at radius 2 is 1.52 bits per heavy atom. The summed E-state index contributed by atoms with van der Waals surface area (Å²) < 4.78 is 0. The van der Waals surface area contributed by atoms with Gasteiger partial charge in [0.2, 0.25) is 5.91 Å². The van der Waals surface area contributed by atoms with Crippen LogP contribution < -0.4 is 0 Å². The Morgan fingerprint density at radius 1 is 1.00 bits per heavy atom. The third-order valence-electron chi connectivity index (χ3n) is 3.41. The van der Waals surface area contributed by atoms with Crippen molar-refractivity contribution in [2.75, 3.05) is 0 Å². The van der Waals surface area contributed by atoms with Crippen molar-refractivity contribution in [1.82, 2.24) is 4.90 Å². The molecule has 0 bridgehead atoms. The Morgan fingerprint density at radius 3 is 2.05 bits per heavy atom. The molecule has 2 aromatic carbocycles. The zero-order chi connectivity index (χ0) is 15.2. The summed E-state index contributed by atoms with van der Waals surface area (Å²) in [6, 6.07) is 19.6. The summed E-state index contributed by atoms with van der Waals surface area (Å²) in [5.41, 5.74) is 1.94. The minimum absolute atomic E-state index is 0.0540. The highest BCUT2D eigenvalue weighted by Crippen LogP contribution is 2.24. The van der Waals surface area contributed by atoms with E-state index in [0.29, 0.717) is 6.54 Å². The lowest BCUT2D eigenvalue weighted by atomic mass is 10.1. The summed E-state index contributed by atoms with van der Waals surface area (Å²) in [4.78, 5) is 14.5. The summed E-state index contributed by atoms with van der Waals surface area (Å²) in [6.07, 6.45) is 0. The first kappa shape index (κ1) is 15.6. The smallest absolute Gasteiger partial charge is 0.245 e. The van der Waals surface area contributed by atoms with Crippen molar-refractivity contribution in [3.8, 4) is 0 Å². The predicted molar refractivity (Wildman–Crippen MR) is 87.2 cm³/mol. The number of carbonyl (C=O) groups excluding carboxylic acids is 1. The molecule has 1 amide bonds. The zero-order valence-corrected chi connectivity index (χ0v) is 13.1. The maximum atomic E-state index is 12.7. The minimum Gasteiger partial charge on any atom is -0.334 e. The van der Waals surface area contributed by atoms with Crippen LogP contribution in [0.5, 0.6) is 0 Å². The van der Waals surface area contributed by atoms with Gasteiger partial charge in [-0.2, -0.15) is 0 Å². The minimum atomic E-state index is -0.641. The molecule has 2 aromatic rings. The summed E-state index contributed by atoms with van der Waals surface area (Å²) in [5.74, 6) is -0.0540. The van der Waals surface area contributed by atoms with Gasteiger partial charge in [0, 0.05) is 12.6 Å². The molecule has 21 heavy (non-hydrogen) atoms. The van der Waals surface area contributed by atoms with E-state index in [1.165, 1.54) is 0 Å². The topological polar surface area (TPSA) is 20.3 Å². The molecule has 1 unspecified atom stereocenters. The molecule has 0 aliphatic carbocycles. The molecular weight excluding hydrogens is 282 g/mol. The van der Waals surface area contributed by atoms with Gasteiger partial charge in [0.05, 0.1) is 0 Å². The second kappa shape index (κ2) is 7.28. The van der Waals surface area contributed by atoms with Crippen molar-refractivity contribution >= 4 is 17.5 Å². The molecule has 0 spiro atoms. The predicted octanol–water partition coefficient (Wildman–Crippen LogP) is 4.40. The first-order chi connectivity index (χ1) is 10.1. The Hall–Kier alpha value is -1.80. The fourth-order valence-electron chi connectivity index (χ4n) is 2.21. The van der Waals surface area contributed by atoms with E-state index in [0.717, 1.165) is 11.1 Å². The second-order valence-electron chi connectivity index (χ2n) is 5.32. The standard InChI is InChI=1S/C18H20ClNO/c1-14(2)20(13-15-9-5-3-6-10-15)18(21)17(19)16-11-7-4-8-12-16/h3-12,14,17H,13H2,1-2H3. The van der Waals surface area contributed by atoms with Crippen molar-refractivity contribution in [1.29, 1.82) is 0 Å². The van der Waals surface area contributed by atoms with Crippen molar-refractivity contribution in [2.45, 2.75) is 31.8 Å². The Bertz CT molecular complexity index is 568. The van der Waals surface area contributed by atoms with E-state index in [9.17, 15) is 4.79 Å². The average Bonchev–Trinajstić information content (AvgIpc) is 2.53. The molecule has 0 heterocycles. The normalized spacial score (nSPS) is 12.2. The van der Waals surface area contributed by atoms with E-state index in [-0.39, 0.29) is 11.9 Å². The van der Waals surface area contributed by atoms with Crippen molar-refractivity contribution < 1.29 is 4.79 Å². The van der Waals surface area contributed by atoms with Crippen LogP contribution in [0.25, 0.3) is 0 Å². The molecule has 0 aliphatic rings. The number of halogens is 1. The first-order valence-corrected chi connectivity index (χ1v) is 7.56. The fraction of sp³-hybridized carbons (Fsp3) is 0.278. The van der Waals surface area contributed by atoms with Gasteiger partial charge in [-0.05, 0) is 25.0 Å². The van der Waals surface area contributed by atoms with Gasteiger partial charge in [-0.3, -0.25) is 4.79 Å². The summed E-state index contributed by atoms with van der Waals surface area (Å²) in [5, 5.41) is -0.641. The average molecular weight is 302 g/mol. The van der Waals surface area contributed by atoms with Crippen LogP contribution in [0.1, 0.15) is 30.4 Å². The van der Waals surface area contributed by atoms with E-state index in [1.54, 1.807) is 0 Å². The molecule has 0 aliphatic heterocycles. The van der Waals surface area contributed by atoms with Crippen LogP contribution in [0.3, 0.4) is 0 Å². The molecule has 2 rings (SSSR count). The van der Waals surface area contributed by atoms with Crippen LogP contribution in [-0.4, -0.2) is 16.8 Å². The molecule has 0 aromatic heterocycles. The highest BCUT2D eigenvalue weighted by molar-refractivity contribution is 6.30. The Balaban J connectivity index is 2.16. The van der Waals surface area contributed by atoms with Gasteiger partial charge in [-0.1, -0.05) is 60.7 Å². The van der Waals surface area contributed by atoms with Crippen LogP contribution >= 0.6 is 11.6 Å². The quantitative estimate of drug-likeness (QED) is 0.749. The Kier molecular flexibility index (Phi) is 5.40. The van der Waals surface area contributed by atoms with Crippen molar-refractivity contribution in [2.24, 2.45) is 0 Å². The molecule has 0 N–H and O–H groups in total. The van der Waals surface area contributed by atoms with Crippen molar-refractivity contribution in [3.05, 3.63) is 71.8 Å². The fourth-order valence-corrected chi connectivity index (χ4v) is 2.48. The van der Waals surface area contributed by atoms with Gasteiger partial charge in [-0.25, -0.2) is 0 Å². The van der Waals surface area contributed by atoms with Gasteiger partial charge in [0.25, 0.3) is 0 Å². The van der Waals surface area contributed by atoms with Gasteiger partial charge < -0.3 is 4.90 Å². The van der Waals surface area contributed by atoms with Gasteiger partial charge in [-0.15, -0.1) is 11.6 Å². The van der Waals surface area contributed by atoms with Crippen LogP contribution in [-0.2, 0) is 11.3 Å². The van der Waals surface area contributed by atoms with Gasteiger partial charge >= 0.3 is 0 Å². The number of amides is 1. The number of nitrogens with zero attached hydrogens (tertiary/aromatic N) is 1. The van der Waals surface area contributed by atoms with Crippen LogP contribution in [0.2, 0.25) is 0 Å². The molecule has 110 valence electrons. The van der Waals surface area contributed by atoms with E-state index < -0.39 is 5.38 Å². The molecule has 3 heteroatoms. The highest BCUT2D eigenvalue weighted by Gasteiger charge is 2.25. The van der Waals surface area contributed by atoms with E-state index in [1.807, 2.05) is 79.4 Å². The number of hydrogen-bond donors (Lipinski definition) is 0. The zero-order valence-electron chi connectivity index (χ0n) is 12.4. The third kappa shape index (κ3) is 4.08.